The van der Waals surface area contributed by atoms with Crippen LogP contribution in [0.5, 0.6) is 0 Å². The maximum absolute atomic E-state index is 8.56. The minimum Gasteiger partial charge on any atom is -0.409 e. The molecule has 1 atom stereocenters. The van der Waals surface area contributed by atoms with Gasteiger partial charge >= 0.3 is 0 Å². The lowest BCUT2D eigenvalue weighted by molar-refractivity contribution is 0.314. The number of thioether (sulfide) groups is 1. The second-order valence-electron chi connectivity index (χ2n) is 4.71. The lowest BCUT2D eigenvalue weighted by atomic mass is 10.0. The molecule has 0 spiro atoms. The van der Waals surface area contributed by atoms with Crippen LogP contribution in [0.15, 0.2) is 5.16 Å². The Kier molecular flexibility index (Phi) is 5.41. The zero-order valence-electron chi connectivity index (χ0n) is 10.2. The Hall–Kier alpha value is -0.420. The van der Waals surface area contributed by atoms with E-state index in [0.29, 0.717) is 18.3 Å². The standard InChI is InChI=1S/C11H23N3OS/c1-3-16-7-9(2)13-8-11(4-5-11)6-10(12)14-15/h9,13,15H,3-8H2,1-2H3,(H2,12,14). The molecule has 1 rings (SSSR count). The van der Waals surface area contributed by atoms with Crippen molar-refractivity contribution in [1.82, 2.24) is 5.32 Å². The van der Waals surface area contributed by atoms with Gasteiger partial charge in [-0.1, -0.05) is 12.1 Å². The fourth-order valence-electron chi connectivity index (χ4n) is 1.76. The highest BCUT2D eigenvalue weighted by atomic mass is 32.2. The van der Waals surface area contributed by atoms with E-state index in [2.05, 4.69) is 24.3 Å². The molecule has 1 fully saturated rings. The second kappa shape index (κ2) is 6.35. The van der Waals surface area contributed by atoms with Crippen molar-refractivity contribution in [1.29, 1.82) is 0 Å². The summed E-state index contributed by atoms with van der Waals surface area (Å²) in [5.41, 5.74) is 5.82. The van der Waals surface area contributed by atoms with Crippen LogP contribution in [-0.2, 0) is 0 Å². The largest absolute Gasteiger partial charge is 0.409 e. The van der Waals surface area contributed by atoms with E-state index in [0.717, 1.165) is 12.3 Å². The molecule has 0 aromatic heterocycles. The molecule has 0 radical (unpaired) electrons. The number of hydrogen-bond donors (Lipinski definition) is 3. The second-order valence-corrected chi connectivity index (χ2v) is 6.03. The molecule has 5 heteroatoms. The number of hydrogen-bond acceptors (Lipinski definition) is 4. The minimum atomic E-state index is 0.265. The fraction of sp³-hybridized carbons (Fsp3) is 0.909. The van der Waals surface area contributed by atoms with Crippen molar-refractivity contribution in [3.05, 3.63) is 0 Å². The van der Waals surface area contributed by atoms with Crippen LogP contribution < -0.4 is 11.1 Å². The van der Waals surface area contributed by atoms with E-state index < -0.39 is 0 Å². The molecule has 16 heavy (non-hydrogen) atoms. The van der Waals surface area contributed by atoms with Crippen LogP contribution in [-0.4, -0.2) is 35.1 Å². The zero-order valence-corrected chi connectivity index (χ0v) is 11.0. The van der Waals surface area contributed by atoms with Gasteiger partial charge in [-0.2, -0.15) is 11.8 Å². The highest BCUT2D eigenvalue weighted by Crippen LogP contribution is 2.48. The molecule has 0 saturated heterocycles. The summed E-state index contributed by atoms with van der Waals surface area (Å²) in [5, 5.41) is 15.1. The summed E-state index contributed by atoms with van der Waals surface area (Å²) in [4.78, 5) is 0. The maximum Gasteiger partial charge on any atom is 0.139 e. The SMILES string of the molecule is CCSCC(C)NCC1(CC(N)=NO)CC1. The van der Waals surface area contributed by atoms with Crippen LogP contribution in [0.2, 0.25) is 0 Å². The summed E-state index contributed by atoms with van der Waals surface area (Å²) in [6.07, 6.45) is 3.08. The Morgan fingerprint density at radius 3 is 2.81 bits per heavy atom. The van der Waals surface area contributed by atoms with Crippen molar-refractivity contribution < 1.29 is 5.21 Å². The Balaban J connectivity index is 2.21. The Labute approximate surface area is 102 Å². The minimum absolute atomic E-state index is 0.265. The third kappa shape index (κ3) is 4.61. The lowest BCUT2D eigenvalue weighted by Crippen LogP contribution is -2.35. The quantitative estimate of drug-likeness (QED) is 0.263. The monoisotopic (exact) mass is 245 g/mol. The van der Waals surface area contributed by atoms with Gasteiger partial charge in [0.2, 0.25) is 0 Å². The van der Waals surface area contributed by atoms with E-state index in [1.54, 1.807) is 0 Å². The van der Waals surface area contributed by atoms with Crippen molar-refractivity contribution >= 4 is 17.6 Å². The first-order valence-electron chi connectivity index (χ1n) is 5.89. The molecule has 0 aliphatic heterocycles. The molecule has 1 saturated carbocycles. The predicted molar refractivity (Wildman–Crippen MR) is 70.2 cm³/mol. The molecule has 0 amide bonds. The Morgan fingerprint density at radius 1 is 1.62 bits per heavy atom. The molecule has 1 unspecified atom stereocenters. The predicted octanol–water partition coefficient (Wildman–Crippen LogP) is 1.63. The van der Waals surface area contributed by atoms with E-state index in [9.17, 15) is 0 Å². The van der Waals surface area contributed by atoms with Gasteiger partial charge in [0.25, 0.3) is 0 Å². The molecular formula is C11H23N3OS. The van der Waals surface area contributed by atoms with Crippen LogP contribution in [0, 0.1) is 5.41 Å². The summed E-state index contributed by atoms with van der Waals surface area (Å²) in [6, 6.07) is 0.537. The van der Waals surface area contributed by atoms with Gasteiger partial charge in [-0.3, -0.25) is 0 Å². The molecule has 94 valence electrons. The molecule has 1 aliphatic carbocycles. The first-order valence-corrected chi connectivity index (χ1v) is 7.05. The zero-order chi connectivity index (χ0) is 12.0. The van der Waals surface area contributed by atoms with Crippen LogP contribution in [0.4, 0.5) is 0 Å². The van der Waals surface area contributed by atoms with Gasteiger partial charge < -0.3 is 16.3 Å². The van der Waals surface area contributed by atoms with Crippen LogP contribution >= 0.6 is 11.8 Å². The van der Waals surface area contributed by atoms with E-state index >= 15 is 0 Å². The highest BCUT2D eigenvalue weighted by molar-refractivity contribution is 7.99. The van der Waals surface area contributed by atoms with E-state index in [1.165, 1.54) is 18.6 Å². The number of nitrogens with one attached hydrogen (secondary N) is 1. The third-order valence-corrected chi connectivity index (χ3v) is 4.18. The topological polar surface area (TPSA) is 70.6 Å². The molecule has 0 aromatic rings. The number of oxime groups is 1. The van der Waals surface area contributed by atoms with Crippen molar-refractivity contribution in [2.45, 2.75) is 39.2 Å². The van der Waals surface area contributed by atoms with Gasteiger partial charge in [-0.25, -0.2) is 0 Å². The number of rotatable bonds is 8. The lowest BCUT2D eigenvalue weighted by Gasteiger charge is -2.19. The summed E-state index contributed by atoms with van der Waals surface area (Å²) in [5.74, 6) is 2.67. The van der Waals surface area contributed by atoms with Crippen LogP contribution in [0.1, 0.15) is 33.1 Å². The third-order valence-electron chi connectivity index (χ3n) is 3.04. The first kappa shape index (κ1) is 13.6. The Bertz CT molecular complexity index is 241. The molecular weight excluding hydrogens is 222 g/mol. The normalized spacial score (nSPS) is 20.8. The average molecular weight is 245 g/mol. The van der Waals surface area contributed by atoms with E-state index in [1.807, 2.05) is 11.8 Å². The molecule has 4 N–H and O–H groups in total. The smallest absolute Gasteiger partial charge is 0.139 e. The maximum atomic E-state index is 8.56. The van der Waals surface area contributed by atoms with Crippen molar-refractivity contribution in [2.24, 2.45) is 16.3 Å². The van der Waals surface area contributed by atoms with Gasteiger partial charge in [0.05, 0.1) is 0 Å². The van der Waals surface area contributed by atoms with Gasteiger partial charge in [0, 0.05) is 24.8 Å². The summed E-state index contributed by atoms with van der Waals surface area (Å²) in [6.45, 7) is 5.37. The van der Waals surface area contributed by atoms with Crippen molar-refractivity contribution in [3.63, 3.8) is 0 Å². The summed E-state index contributed by atoms with van der Waals surface area (Å²) < 4.78 is 0. The molecule has 1 aliphatic rings. The average Bonchev–Trinajstić information content (AvgIpc) is 3.04. The summed E-state index contributed by atoms with van der Waals surface area (Å²) >= 11 is 1.95. The molecule has 4 nitrogen and oxygen atoms in total. The molecule has 0 aromatic carbocycles. The van der Waals surface area contributed by atoms with Gasteiger partial charge in [0.1, 0.15) is 5.84 Å². The number of nitrogens with zero attached hydrogens (tertiary/aromatic N) is 1. The molecule has 0 bridgehead atoms. The van der Waals surface area contributed by atoms with Gasteiger partial charge in [0.15, 0.2) is 0 Å². The fourth-order valence-corrected chi connectivity index (χ4v) is 2.46. The van der Waals surface area contributed by atoms with Crippen molar-refractivity contribution in [3.8, 4) is 0 Å². The highest BCUT2D eigenvalue weighted by Gasteiger charge is 2.43. The van der Waals surface area contributed by atoms with E-state index in [4.69, 9.17) is 10.9 Å². The van der Waals surface area contributed by atoms with Crippen LogP contribution in [0.3, 0.4) is 0 Å². The van der Waals surface area contributed by atoms with E-state index in [-0.39, 0.29) is 5.41 Å². The number of nitrogens with two attached hydrogens (primary N) is 1. The van der Waals surface area contributed by atoms with Crippen molar-refractivity contribution in [2.75, 3.05) is 18.1 Å². The van der Waals surface area contributed by atoms with Gasteiger partial charge in [-0.15, -0.1) is 0 Å². The molecule has 0 heterocycles. The van der Waals surface area contributed by atoms with Gasteiger partial charge in [-0.05, 0) is 30.9 Å². The first-order chi connectivity index (χ1) is 7.62. The summed E-state index contributed by atoms with van der Waals surface area (Å²) in [7, 11) is 0. The number of amidine groups is 1. The van der Waals surface area contributed by atoms with Crippen LogP contribution in [0.25, 0.3) is 0 Å². The Morgan fingerprint density at radius 2 is 2.31 bits per heavy atom.